The molecular formula is C11H18N4O. The van der Waals surface area contributed by atoms with E-state index in [1.54, 1.807) is 10.9 Å². The summed E-state index contributed by atoms with van der Waals surface area (Å²) < 4.78 is 1.67. The van der Waals surface area contributed by atoms with Crippen LogP contribution in [-0.2, 0) is 7.05 Å². The van der Waals surface area contributed by atoms with Gasteiger partial charge in [-0.05, 0) is 26.8 Å². The van der Waals surface area contributed by atoms with Crippen LogP contribution in [0, 0.1) is 6.92 Å². The fraction of sp³-hybridized carbons (Fsp3) is 0.636. The summed E-state index contributed by atoms with van der Waals surface area (Å²) in [5.74, 6) is -0.0307. The molecule has 0 aromatic carbocycles. The monoisotopic (exact) mass is 222 g/mol. The van der Waals surface area contributed by atoms with Gasteiger partial charge in [0.2, 0.25) is 0 Å². The lowest BCUT2D eigenvalue weighted by Gasteiger charge is -2.24. The van der Waals surface area contributed by atoms with Crippen molar-refractivity contribution < 1.29 is 4.79 Å². The minimum atomic E-state index is -0.126. The van der Waals surface area contributed by atoms with Gasteiger partial charge < -0.3 is 10.6 Å². The molecule has 2 N–H and O–H groups in total. The lowest BCUT2D eigenvalue weighted by Crippen LogP contribution is -2.47. The molecule has 0 bridgehead atoms. The highest BCUT2D eigenvalue weighted by Gasteiger charge is 2.31. The molecule has 1 aliphatic rings. The van der Waals surface area contributed by atoms with Crippen molar-refractivity contribution in [1.29, 1.82) is 0 Å². The van der Waals surface area contributed by atoms with Crippen LogP contribution in [0.5, 0.6) is 0 Å². The average Bonchev–Trinajstić information content (AvgIpc) is 2.73. The van der Waals surface area contributed by atoms with Crippen molar-refractivity contribution in [2.24, 2.45) is 7.05 Å². The number of nitrogens with one attached hydrogen (secondary N) is 2. The summed E-state index contributed by atoms with van der Waals surface area (Å²) in [6.07, 6.45) is 2.73. The Kier molecular flexibility index (Phi) is 2.71. The summed E-state index contributed by atoms with van der Waals surface area (Å²) in [5.41, 5.74) is 1.31. The van der Waals surface area contributed by atoms with E-state index in [9.17, 15) is 4.79 Å². The molecule has 1 aromatic heterocycles. The first-order valence-electron chi connectivity index (χ1n) is 5.54. The molecule has 0 radical (unpaired) electrons. The number of carbonyl (C=O) groups excluding carboxylic acids is 1. The molecule has 1 amide bonds. The molecule has 1 unspecified atom stereocenters. The van der Waals surface area contributed by atoms with Crippen molar-refractivity contribution in [3.8, 4) is 0 Å². The van der Waals surface area contributed by atoms with Crippen molar-refractivity contribution >= 4 is 5.91 Å². The molecule has 1 atom stereocenters. The number of aryl methyl sites for hydroxylation is 2. The maximum absolute atomic E-state index is 12.0. The molecule has 5 heteroatoms. The van der Waals surface area contributed by atoms with Crippen LogP contribution in [0.3, 0.4) is 0 Å². The normalized spacial score (nSPS) is 24.7. The van der Waals surface area contributed by atoms with Crippen LogP contribution >= 0.6 is 0 Å². The van der Waals surface area contributed by atoms with Crippen LogP contribution in [0.4, 0.5) is 0 Å². The second-order valence-corrected chi connectivity index (χ2v) is 4.74. The Bertz CT molecular complexity index is 404. The van der Waals surface area contributed by atoms with Gasteiger partial charge in [0.1, 0.15) is 0 Å². The van der Waals surface area contributed by atoms with Gasteiger partial charge >= 0.3 is 0 Å². The minimum Gasteiger partial charge on any atom is -0.345 e. The number of aromatic nitrogens is 2. The molecule has 0 saturated carbocycles. The van der Waals surface area contributed by atoms with Crippen LogP contribution in [-0.4, -0.2) is 34.3 Å². The zero-order chi connectivity index (χ0) is 11.8. The lowest BCUT2D eigenvalue weighted by atomic mass is 10.0. The number of hydrogen-bond acceptors (Lipinski definition) is 3. The molecule has 0 aliphatic carbocycles. The summed E-state index contributed by atoms with van der Waals surface area (Å²) in [6.45, 7) is 5.71. The highest BCUT2D eigenvalue weighted by molar-refractivity contribution is 5.95. The largest absolute Gasteiger partial charge is 0.345 e. The molecule has 2 heterocycles. The van der Waals surface area contributed by atoms with Gasteiger partial charge in [0, 0.05) is 19.8 Å². The van der Waals surface area contributed by atoms with Gasteiger partial charge in [0.25, 0.3) is 5.91 Å². The Morgan fingerprint density at radius 1 is 1.69 bits per heavy atom. The molecule has 5 nitrogen and oxygen atoms in total. The van der Waals surface area contributed by atoms with Crippen LogP contribution < -0.4 is 10.6 Å². The predicted octanol–water partition coefficient (Wildman–Crippen LogP) is 0.210. The first-order chi connectivity index (χ1) is 7.50. The number of carbonyl (C=O) groups is 1. The second kappa shape index (κ2) is 3.90. The van der Waals surface area contributed by atoms with Crippen molar-refractivity contribution in [3.05, 3.63) is 17.5 Å². The Balaban J connectivity index is 2.11. The van der Waals surface area contributed by atoms with Gasteiger partial charge in [-0.3, -0.25) is 9.48 Å². The third-order valence-corrected chi connectivity index (χ3v) is 3.04. The maximum Gasteiger partial charge on any atom is 0.255 e. The van der Waals surface area contributed by atoms with Crippen molar-refractivity contribution in [2.75, 3.05) is 13.1 Å². The van der Waals surface area contributed by atoms with Crippen LogP contribution in [0.2, 0.25) is 0 Å². The van der Waals surface area contributed by atoms with E-state index in [0.717, 1.165) is 25.2 Å². The summed E-state index contributed by atoms with van der Waals surface area (Å²) in [7, 11) is 1.82. The van der Waals surface area contributed by atoms with Gasteiger partial charge in [-0.2, -0.15) is 5.10 Å². The third kappa shape index (κ3) is 2.09. The second-order valence-electron chi connectivity index (χ2n) is 4.74. The van der Waals surface area contributed by atoms with E-state index in [1.807, 2.05) is 14.0 Å². The quantitative estimate of drug-likeness (QED) is 0.752. The summed E-state index contributed by atoms with van der Waals surface area (Å²) in [4.78, 5) is 12.0. The average molecular weight is 222 g/mol. The van der Waals surface area contributed by atoms with Gasteiger partial charge in [0.15, 0.2) is 0 Å². The van der Waals surface area contributed by atoms with E-state index in [1.165, 1.54) is 0 Å². The van der Waals surface area contributed by atoms with Gasteiger partial charge in [-0.15, -0.1) is 0 Å². The molecule has 2 rings (SSSR count). The fourth-order valence-electron chi connectivity index (χ4n) is 2.09. The minimum absolute atomic E-state index is 0.0307. The van der Waals surface area contributed by atoms with E-state index in [4.69, 9.17) is 0 Å². The van der Waals surface area contributed by atoms with E-state index in [-0.39, 0.29) is 11.4 Å². The van der Waals surface area contributed by atoms with Crippen molar-refractivity contribution in [1.82, 2.24) is 20.4 Å². The predicted molar refractivity (Wildman–Crippen MR) is 61.3 cm³/mol. The number of hydrogen-bond donors (Lipinski definition) is 2. The molecule has 0 spiro atoms. The summed E-state index contributed by atoms with van der Waals surface area (Å²) in [5, 5.41) is 10.5. The Labute approximate surface area is 95.2 Å². The van der Waals surface area contributed by atoms with E-state index in [2.05, 4.69) is 22.7 Å². The summed E-state index contributed by atoms with van der Waals surface area (Å²) in [6, 6.07) is 0. The molecule has 1 saturated heterocycles. The van der Waals surface area contributed by atoms with E-state index in [0.29, 0.717) is 5.56 Å². The van der Waals surface area contributed by atoms with Crippen LogP contribution in [0.1, 0.15) is 29.4 Å². The first-order valence-corrected chi connectivity index (χ1v) is 5.54. The smallest absolute Gasteiger partial charge is 0.255 e. The molecular weight excluding hydrogens is 204 g/mol. The zero-order valence-electron chi connectivity index (χ0n) is 10.0. The van der Waals surface area contributed by atoms with Gasteiger partial charge in [0.05, 0.1) is 16.8 Å². The SMILES string of the molecule is Cc1nn(C)cc1C(=O)NC1(C)CCNC1. The lowest BCUT2D eigenvalue weighted by molar-refractivity contribution is 0.0912. The van der Waals surface area contributed by atoms with Crippen LogP contribution in [0.15, 0.2) is 6.20 Å². The Morgan fingerprint density at radius 3 is 2.94 bits per heavy atom. The molecule has 88 valence electrons. The molecule has 16 heavy (non-hydrogen) atoms. The van der Waals surface area contributed by atoms with E-state index < -0.39 is 0 Å². The van der Waals surface area contributed by atoms with Crippen molar-refractivity contribution in [2.45, 2.75) is 25.8 Å². The topological polar surface area (TPSA) is 59.0 Å². The molecule has 1 aliphatic heterocycles. The van der Waals surface area contributed by atoms with Gasteiger partial charge in [-0.1, -0.05) is 0 Å². The molecule has 1 aromatic rings. The fourth-order valence-corrected chi connectivity index (χ4v) is 2.09. The van der Waals surface area contributed by atoms with Gasteiger partial charge in [-0.25, -0.2) is 0 Å². The standard InChI is InChI=1S/C11H18N4O/c1-8-9(6-15(3)14-8)10(16)13-11(2)4-5-12-7-11/h6,12H,4-5,7H2,1-3H3,(H,13,16). The van der Waals surface area contributed by atoms with E-state index >= 15 is 0 Å². The highest BCUT2D eigenvalue weighted by Crippen LogP contribution is 2.15. The third-order valence-electron chi connectivity index (χ3n) is 3.04. The number of amides is 1. The maximum atomic E-state index is 12.0. The number of rotatable bonds is 2. The molecule has 1 fully saturated rings. The Morgan fingerprint density at radius 2 is 2.44 bits per heavy atom. The first kappa shape index (κ1) is 11.1. The van der Waals surface area contributed by atoms with Crippen LogP contribution in [0.25, 0.3) is 0 Å². The number of nitrogens with zero attached hydrogens (tertiary/aromatic N) is 2. The Hall–Kier alpha value is -1.36. The highest BCUT2D eigenvalue weighted by atomic mass is 16.1. The zero-order valence-corrected chi connectivity index (χ0v) is 10.0. The van der Waals surface area contributed by atoms with Crippen molar-refractivity contribution in [3.63, 3.8) is 0 Å². The summed E-state index contributed by atoms with van der Waals surface area (Å²) >= 11 is 0.